The summed E-state index contributed by atoms with van der Waals surface area (Å²) in [7, 11) is 2.13. The average Bonchev–Trinajstić information content (AvgIpc) is 2.11. The zero-order valence-corrected chi connectivity index (χ0v) is 10.1. The summed E-state index contributed by atoms with van der Waals surface area (Å²) in [6.07, 6.45) is 0. The third kappa shape index (κ3) is 3.12. The van der Waals surface area contributed by atoms with Crippen LogP contribution in [0, 0.1) is 6.92 Å². The lowest BCUT2D eigenvalue weighted by Gasteiger charge is -2.15. The van der Waals surface area contributed by atoms with E-state index in [-0.39, 0.29) is 0 Å². The van der Waals surface area contributed by atoms with Crippen molar-refractivity contribution < 1.29 is 0 Å². The van der Waals surface area contributed by atoms with Gasteiger partial charge in [0.15, 0.2) is 0 Å². The maximum atomic E-state index is 3.56. The molecule has 72 valence electrons. The van der Waals surface area contributed by atoms with E-state index < -0.39 is 0 Å². The van der Waals surface area contributed by atoms with Crippen LogP contribution < -0.4 is 0 Å². The van der Waals surface area contributed by atoms with E-state index in [9.17, 15) is 0 Å². The predicted octanol–water partition coefficient (Wildman–Crippen LogP) is 3.21. The Hall–Kier alpha value is -0.340. The molecule has 0 saturated carbocycles. The summed E-state index contributed by atoms with van der Waals surface area (Å²) in [5.74, 6) is 0. The lowest BCUT2D eigenvalue weighted by Crippen LogP contribution is -2.17. The highest BCUT2D eigenvalue weighted by Crippen LogP contribution is 2.19. The molecule has 2 heteroatoms. The molecule has 0 fully saturated rings. The molecular formula is C11H16BrN. The fraction of sp³-hybridized carbons (Fsp3) is 0.455. The Morgan fingerprint density at radius 2 is 2.08 bits per heavy atom. The number of hydrogen-bond acceptors (Lipinski definition) is 1. The Morgan fingerprint density at radius 1 is 1.38 bits per heavy atom. The van der Waals surface area contributed by atoms with Gasteiger partial charge in [-0.25, -0.2) is 0 Å². The molecule has 0 aromatic heterocycles. The zero-order chi connectivity index (χ0) is 9.84. The molecule has 0 radical (unpaired) electrons. The number of hydrogen-bond donors (Lipinski definition) is 0. The Kier molecular flexibility index (Phi) is 3.94. The molecule has 0 spiro atoms. The first kappa shape index (κ1) is 10.7. The Balaban J connectivity index is 2.81. The fourth-order valence-corrected chi connectivity index (χ4v) is 1.60. The van der Waals surface area contributed by atoms with Crippen molar-refractivity contribution in [3.8, 4) is 0 Å². The number of halogens is 1. The van der Waals surface area contributed by atoms with Gasteiger partial charge in [-0.3, -0.25) is 0 Å². The molecule has 0 amide bonds. The van der Waals surface area contributed by atoms with E-state index in [1.54, 1.807) is 0 Å². The lowest BCUT2D eigenvalue weighted by atomic mass is 10.1. The highest BCUT2D eigenvalue weighted by Gasteiger charge is 2.02. The van der Waals surface area contributed by atoms with Crippen LogP contribution >= 0.6 is 15.9 Å². The molecule has 0 aliphatic rings. The summed E-state index contributed by atoms with van der Waals surface area (Å²) < 4.78 is 1.21. The molecule has 0 unspecified atom stereocenters. The van der Waals surface area contributed by atoms with Crippen molar-refractivity contribution in [2.24, 2.45) is 0 Å². The van der Waals surface area contributed by atoms with Crippen LogP contribution in [0.1, 0.15) is 18.1 Å². The number of rotatable bonds is 3. The molecule has 0 atom stereocenters. The van der Waals surface area contributed by atoms with Crippen molar-refractivity contribution >= 4 is 15.9 Å². The molecule has 1 nitrogen and oxygen atoms in total. The van der Waals surface area contributed by atoms with Crippen LogP contribution in [-0.2, 0) is 6.54 Å². The van der Waals surface area contributed by atoms with Gasteiger partial charge in [0.1, 0.15) is 0 Å². The number of nitrogens with zero attached hydrogens (tertiary/aromatic N) is 1. The Bertz CT molecular complexity index is 283. The predicted molar refractivity (Wildman–Crippen MR) is 60.9 cm³/mol. The number of benzene rings is 1. The Labute approximate surface area is 88.9 Å². The fourth-order valence-electron chi connectivity index (χ4n) is 1.23. The highest BCUT2D eigenvalue weighted by atomic mass is 79.9. The Morgan fingerprint density at radius 3 is 2.69 bits per heavy atom. The summed E-state index contributed by atoms with van der Waals surface area (Å²) in [5.41, 5.74) is 2.69. The second-order valence-electron chi connectivity index (χ2n) is 3.43. The van der Waals surface area contributed by atoms with Crippen LogP contribution in [-0.4, -0.2) is 18.5 Å². The standard InChI is InChI=1S/C11H16BrN/c1-4-13(3)8-10-7-9(2)5-6-11(10)12/h5-7H,4,8H2,1-3H3. The van der Waals surface area contributed by atoms with Gasteiger partial charge in [0.2, 0.25) is 0 Å². The highest BCUT2D eigenvalue weighted by molar-refractivity contribution is 9.10. The molecule has 0 N–H and O–H groups in total. The smallest absolute Gasteiger partial charge is 0.0241 e. The van der Waals surface area contributed by atoms with E-state index in [0.717, 1.165) is 13.1 Å². The van der Waals surface area contributed by atoms with Crippen LogP contribution in [0.2, 0.25) is 0 Å². The van der Waals surface area contributed by atoms with Gasteiger partial charge in [-0.05, 0) is 32.1 Å². The van der Waals surface area contributed by atoms with Gasteiger partial charge in [-0.2, -0.15) is 0 Å². The van der Waals surface area contributed by atoms with E-state index in [1.165, 1.54) is 15.6 Å². The van der Waals surface area contributed by atoms with Crippen LogP contribution in [0.4, 0.5) is 0 Å². The molecule has 0 aliphatic carbocycles. The average molecular weight is 242 g/mol. The first-order chi connectivity index (χ1) is 6.13. The molecule has 0 heterocycles. The molecule has 0 bridgehead atoms. The van der Waals surface area contributed by atoms with E-state index in [0.29, 0.717) is 0 Å². The third-order valence-electron chi connectivity index (χ3n) is 2.18. The topological polar surface area (TPSA) is 3.24 Å². The SMILES string of the molecule is CCN(C)Cc1cc(C)ccc1Br. The minimum absolute atomic E-state index is 1.01. The van der Waals surface area contributed by atoms with Gasteiger partial charge in [0.05, 0.1) is 0 Å². The van der Waals surface area contributed by atoms with Gasteiger partial charge in [-0.15, -0.1) is 0 Å². The van der Waals surface area contributed by atoms with Crippen molar-refractivity contribution in [3.63, 3.8) is 0 Å². The van der Waals surface area contributed by atoms with E-state index in [1.807, 2.05) is 0 Å². The molecule has 0 saturated heterocycles. The normalized spacial score (nSPS) is 10.8. The lowest BCUT2D eigenvalue weighted by molar-refractivity contribution is 0.345. The van der Waals surface area contributed by atoms with Crippen molar-refractivity contribution in [2.45, 2.75) is 20.4 Å². The van der Waals surface area contributed by atoms with Crippen molar-refractivity contribution in [1.29, 1.82) is 0 Å². The van der Waals surface area contributed by atoms with Crippen LogP contribution in [0.5, 0.6) is 0 Å². The van der Waals surface area contributed by atoms with Gasteiger partial charge in [0, 0.05) is 11.0 Å². The maximum absolute atomic E-state index is 3.56. The number of aryl methyl sites for hydroxylation is 1. The van der Waals surface area contributed by atoms with Crippen molar-refractivity contribution in [3.05, 3.63) is 33.8 Å². The molecule has 1 aromatic carbocycles. The summed E-state index contributed by atoms with van der Waals surface area (Å²) in [6.45, 7) is 6.39. The second kappa shape index (κ2) is 4.77. The van der Waals surface area contributed by atoms with Crippen LogP contribution in [0.25, 0.3) is 0 Å². The third-order valence-corrected chi connectivity index (χ3v) is 2.95. The van der Waals surface area contributed by atoms with Crippen LogP contribution in [0.3, 0.4) is 0 Å². The summed E-state index contributed by atoms with van der Waals surface area (Å²) in [6, 6.07) is 6.48. The molecule has 0 aliphatic heterocycles. The van der Waals surface area contributed by atoms with Gasteiger partial charge < -0.3 is 4.90 Å². The molecule has 13 heavy (non-hydrogen) atoms. The van der Waals surface area contributed by atoms with Crippen molar-refractivity contribution in [1.82, 2.24) is 4.90 Å². The summed E-state index contributed by atoms with van der Waals surface area (Å²) >= 11 is 3.56. The van der Waals surface area contributed by atoms with E-state index in [2.05, 4.69) is 59.9 Å². The van der Waals surface area contributed by atoms with E-state index >= 15 is 0 Å². The minimum Gasteiger partial charge on any atom is -0.302 e. The largest absolute Gasteiger partial charge is 0.302 e. The quantitative estimate of drug-likeness (QED) is 0.786. The maximum Gasteiger partial charge on any atom is 0.0241 e. The monoisotopic (exact) mass is 241 g/mol. The zero-order valence-electron chi connectivity index (χ0n) is 8.47. The summed E-state index contributed by atoms with van der Waals surface area (Å²) in [5, 5.41) is 0. The first-order valence-electron chi connectivity index (χ1n) is 4.57. The molecular weight excluding hydrogens is 226 g/mol. The van der Waals surface area contributed by atoms with Crippen molar-refractivity contribution in [2.75, 3.05) is 13.6 Å². The first-order valence-corrected chi connectivity index (χ1v) is 5.36. The summed E-state index contributed by atoms with van der Waals surface area (Å²) in [4.78, 5) is 2.29. The van der Waals surface area contributed by atoms with Gasteiger partial charge in [-0.1, -0.05) is 40.5 Å². The van der Waals surface area contributed by atoms with Gasteiger partial charge in [0.25, 0.3) is 0 Å². The minimum atomic E-state index is 1.01. The van der Waals surface area contributed by atoms with E-state index in [4.69, 9.17) is 0 Å². The second-order valence-corrected chi connectivity index (χ2v) is 4.28. The van der Waals surface area contributed by atoms with Gasteiger partial charge >= 0.3 is 0 Å². The molecule has 1 rings (SSSR count). The van der Waals surface area contributed by atoms with Crippen LogP contribution in [0.15, 0.2) is 22.7 Å². The molecule has 1 aromatic rings.